The van der Waals surface area contributed by atoms with Gasteiger partial charge < -0.3 is 9.47 Å². The number of aryl methyl sites for hydroxylation is 2. The van der Waals surface area contributed by atoms with Crippen molar-refractivity contribution in [2.24, 2.45) is 0 Å². The SMILES string of the molecule is Cc1cc([S+]2CCCCC2)cc(C)c1OCC(=O)OC(C)(C)C#Cc1ccc(F)cc1. The fourth-order valence-electron chi connectivity index (χ4n) is 3.60. The summed E-state index contributed by atoms with van der Waals surface area (Å²) in [6, 6.07) is 10.3. The van der Waals surface area contributed by atoms with Crippen LogP contribution >= 0.6 is 0 Å². The lowest BCUT2D eigenvalue weighted by Crippen LogP contribution is -2.29. The van der Waals surface area contributed by atoms with Crippen LogP contribution in [0.3, 0.4) is 0 Å². The number of hydrogen-bond donors (Lipinski definition) is 0. The number of esters is 1. The number of benzene rings is 2. The lowest BCUT2D eigenvalue weighted by atomic mass is 10.1. The van der Waals surface area contributed by atoms with E-state index in [4.69, 9.17) is 9.47 Å². The Kier molecular flexibility index (Phi) is 7.67. The second-order valence-electron chi connectivity index (χ2n) is 8.38. The summed E-state index contributed by atoms with van der Waals surface area (Å²) < 4.78 is 24.3. The van der Waals surface area contributed by atoms with Crippen molar-refractivity contribution in [3.8, 4) is 17.6 Å². The van der Waals surface area contributed by atoms with E-state index in [2.05, 4.69) is 24.0 Å². The molecule has 0 unspecified atom stereocenters. The zero-order valence-corrected chi connectivity index (χ0v) is 19.5. The van der Waals surface area contributed by atoms with E-state index >= 15 is 0 Å². The van der Waals surface area contributed by atoms with Crippen LogP contribution in [0.2, 0.25) is 0 Å². The van der Waals surface area contributed by atoms with E-state index in [0.717, 1.165) is 16.9 Å². The van der Waals surface area contributed by atoms with Crippen molar-refractivity contribution in [1.82, 2.24) is 0 Å². The quantitative estimate of drug-likeness (QED) is 0.356. The van der Waals surface area contributed by atoms with Gasteiger partial charge in [0.1, 0.15) is 23.1 Å². The molecule has 0 bridgehead atoms. The molecule has 0 atom stereocenters. The van der Waals surface area contributed by atoms with Gasteiger partial charge in [0.15, 0.2) is 17.1 Å². The molecular weight excluding hydrogens is 411 g/mol. The van der Waals surface area contributed by atoms with Gasteiger partial charge in [-0.25, -0.2) is 9.18 Å². The summed E-state index contributed by atoms with van der Waals surface area (Å²) in [5, 5.41) is 0. The van der Waals surface area contributed by atoms with Crippen LogP contribution in [0, 0.1) is 31.5 Å². The number of hydrogen-bond acceptors (Lipinski definition) is 3. The van der Waals surface area contributed by atoms with E-state index in [9.17, 15) is 9.18 Å². The summed E-state index contributed by atoms with van der Waals surface area (Å²) in [5.41, 5.74) is 1.78. The molecule has 0 aromatic heterocycles. The first-order valence-corrected chi connectivity index (χ1v) is 12.2. The van der Waals surface area contributed by atoms with Gasteiger partial charge in [-0.05, 0) is 94.5 Å². The monoisotopic (exact) mass is 441 g/mol. The zero-order valence-electron chi connectivity index (χ0n) is 18.7. The fraction of sp³-hybridized carbons (Fsp3) is 0.423. The van der Waals surface area contributed by atoms with Gasteiger partial charge in [-0.3, -0.25) is 0 Å². The minimum Gasteiger partial charge on any atom is -0.481 e. The van der Waals surface area contributed by atoms with E-state index in [1.54, 1.807) is 26.0 Å². The van der Waals surface area contributed by atoms with Gasteiger partial charge in [-0.2, -0.15) is 0 Å². The molecular formula is C26H30FO3S+. The van der Waals surface area contributed by atoms with Crippen molar-refractivity contribution in [2.45, 2.75) is 57.5 Å². The zero-order chi connectivity index (χ0) is 22.4. The van der Waals surface area contributed by atoms with E-state index in [0.29, 0.717) is 16.5 Å². The molecule has 0 saturated carbocycles. The highest BCUT2D eigenvalue weighted by Gasteiger charge is 2.26. The van der Waals surface area contributed by atoms with E-state index in [1.165, 1.54) is 47.8 Å². The Balaban J connectivity index is 1.59. The van der Waals surface area contributed by atoms with Crippen molar-refractivity contribution >= 4 is 16.9 Å². The average molecular weight is 442 g/mol. The molecule has 2 aromatic carbocycles. The molecule has 5 heteroatoms. The first kappa shape index (κ1) is 23.2. The largest absolute Gasteiger partial charge is 0.481 e. The Hall–Kier alpha value is -2.45. The third-order valence-corrected chi connectivity index (χ3v) is 7.57. The second kappa shape index (κ2) is 10.2. The maximum Gasteiger partial charge on any atom is 0.345 e. The van der Waals surface area contributed by atoms with Crippen LogP contribution in [0.15, 0.2) is 41.3 Å². The molecule has 1 fully saturated rings. The summed E-state index contributed by atoms with van der Waals surface area (Å²) >= 11 is 0. The second-order valence-corrected chi connectivity index (χ2v) is 10.7. The molecule has 164 valence electrons. The van der Waals surface area contributed by atoms with Crippen molar-refractivity contribution in [1.29, 1.82) is 0 Å². The van der Waals surface area contributed by atoms with Gasteiger partial charge >= 0.3 is 5.97 Å². The number of carbonyl (C=O) groups is 1. The third kappa shape index (κ3) is 6.77. The van der Waals surface area contributed by atoms with Crippen LogP contribution in [0.1, 0.15) is 49.8 Å². The van der Waals surface area contributed by atoms with Crippen molar-refractivity contribution < 1.29 is 18.7 Å². The molecule has 0 amide bonds. The molecule has 1 saturated heterocycles. The lowest BCUT2D eigenvalue weighted by molar-refractivity contribution is -0.154. The normalized spacial score (nSPS) is 14.5. The molecule has 1 aliphatic heterocycles. The number of carbonyl (C=O) groups excluding carboxylic acids is 1. The predicted molar refractivity (Wildman–Crippen MR) is 124 cm³/mol. The number of halogens is 1. The number of rotatable bonds is 5. The summed E-state index contributed by atoms with van der Waals surface area (Å²) in [6.07, 6.45) is 3.96. The highest BCUT2D eigenvalue weighted by atomic mass is 32.2. The molecule has 3 nitrogen and oxygen atoms in total. The Labute approximate surface area is 187 Å². The highest BCUT2D eigenvalue weighted by molar-refractivity contribution is 7.96. The fourth-order valence-corrected chi connectivity index (χ4v) is 6.07. The topological polar surface area (TPSA) is 35.5 Å². The maximum atomic E-state index is 13.0. The van der Waals surface area contributed by atoms with E-state index in [1.807, 2.05) is 13.8 Å². The molecule has 3 rings (SSSR count). The van der Waals surface area contributed by atoms with Gasteiger partial charge in [-0.15, -0.1) is 0 Å². The minimum atomic E-state index is -0.981. The Morgan fingerprint density at radius 3 is 2.29 bits per heavy atom. The summed E-state index contributed by atoms with van der Waals surface area (Å²) in [4.78, 5) is 13.8. The molecule has 2 aromatic rings. The van der Waals surface area contributed by atoms with Gasteiger partial charge in [0.2, 0.25) is 0 Å². The molecule has 0 spiro atoms. The van der Waals surface area contributed by atoms with Crippen LogP contribution in [-0.2, 0) is 20.4 Å². The van der Waals surface area contributed by atoms with Crippen molar-refractivity contribution in [3.63, 3.8) is 0 Å². The number of ether oxygens (including phenoxy) is 2. The minimum absolute atomic E-state index is 0.172. The van der Waals surface area contributed by atoms with Crippen LogP contribution in [0.4, 0.5) is 4.39 Å². The predicted octanol–water partition coefficient (Wildman–Crippen LogP) is 5.36. The Bertz CT molecular complexity index is 957. The summed E-state index contributed by atoms with van der Waals surface area (Å²) in [6.45, 7) is 7.33. The molecule has 0 radical (unpaired) electrons. The standard InChI is InChI=1S/C26H30FO3S/c1-19-16-23(31-14-6-5-7-15-31)17-20(2)25(19)29-18-24(28)30-26(3,4)13-12-21-8-10-22(27)11-9-21/h8-11,16-17H,5-7,14-15,18H2,1-4H3/q+1. The van der Waals surface area contributed by atoms with Gasteiger partial charge in [-0.1, -0.05) is 11.8 Å². The summed E-state index contributed by atoms with van der Waals surface area (Å²) in [7, 11) is 0.334. The van der Waals surface area contributed by atoms with Crippen molar-refractivity contribution in [2.75, 3.05) is 18.1 Å². The molecule has 0 N–H and O–H groups in total. The molecule has 1 heterocycles. The Morgan fingerprint density at radius 2 is 1.68 bits per heavy atom. The van der Waals surface area contributed by atoms with Gasteiger partial charge in [0.05, 0.1) is 0 Å². The first-order chi connectivity index (χ1) is 14.7. The smallest absolute Gasteiger partial charge is 0.345 e. The highest BCUT2D eigenvalue weighted by Crippen LogP contribution is 2.30. The van der Waals surface area contributed by atoms with Crippen LogP contribution in [0.25, 0.3) is 0 Å². The third-order valence-electron chi connectivity index (χ3n) is 5.10. The maximum absolute atomic E-state index is 13.0. The average Bonchev–Trinajstić information content (AvgIpc) is 2.73. The van der Waals surface area contributed by atoms with E-state index in [-0.39, 0.29) is 12.4 Å². The lowest BCUT2D eigenvalue weighted by Gasteiger charge is -2.20. The van der Waals surface area contributed by atoms with Crippen LogP contribution < -0.4 is 4.74 Å². The Morgan fingerprint density at radius 1 is 1.06 bits per heavy atom. The van der Waals surface area contributed by atoms with Crippen molar-refractivity contribution in [3.05, 3.63) is 58.9 Å². The van der Waals surface area contributed by atoms with Gasteiger partial charge in [0.25, 0.3) is 0 Å². The molecule has 1 aliphatic rings. The molecule has 0 aliphatic carbocycles. The van der Waals surface area contributed by atoms with Crippen LogP contribution in [-0.4, -0.2) is 29.7 Å². The summed E-state index contributed by atoms with van der Waals surface area (Å²) in [5.74, 6) is 8.34. The first-order valence-electron chi connectivity index (χ1n) is 10.7. The van der Waals surface area contributed by atoms with E-state index < -0.39 is 11.6 Å². The van der Waals surface area contributed by atoms with Crippen LogP contribution in [0.5, 0.6) is 5.75 Å². The molecule has 31 heavy (non-hydrogen) atoms. The van der Waals surface area contributed by atoms with Gasteiger partial charge in [0, 0.05) is 16.5 Å².